The molecule has 0 saturated heterocycles. The summed E-state index contributed by atoms with van der Waals surface area (Å²) in [5.41, 5.74) is 23.6. The molecule has 0 saturated carbocycles. The fraction of sp³-hybridized carbons (Fsp3) is 0.377. The van der Waals surface area contributed by atoms with Gasteiger partial charge in [0.15, 0.2) is 0 Å². The SMILES string of the molecule is CSc1c(-c2ccccc2C)cccc1N1c2cc(C)cc3c2B(c2cc4c(cc2N3c2ccc(C(C)(C)C)cc2)C(C)(C)CCC4(C)C)c2sc3cc4c(cc3c21)C(C)(C)CCC4(C)C. The fourth-order valence-electron chi connectivity index (χ4n) is 12.4. The summed E-state index contributed by atoms with van der Waals surface area (Å²) in [4.78, 5) is 6.70. The first-order valence-corrected chi connectivity index (χ1v) is 26.5. The van der Waals surface area contributed by atoms with Crippen molar-refractivity contribution in [1.82, 2.24) is 0 Å². The van der Waals surface area contributed by atoms with Crippen LogP contribution in [0, 0.1) is 13.8 Å². The number of benzene rings is 6. The van der Waals surface area contributed by atoms with Crippen molar-refractivity contribution in [1.29, 1.82) is 0 Å². The third kappa shape index (κ3) is 6.48. The van der Waals surface area contributed by atoms with E-state index in [1.54, 1.807) is 0 Å². The summed E-state index contributed by atoms with van der Waals surface area (Å²) in [6, 6.07) is 41.2. The van der Waals surface area contributed by atoms with Gasteiger partial charge < -0.3 is 9.80 Å². The normalized spacial score (nSPS) is 18.4. The standard InChI is InChI=1S/C61H67BN2S2/c1-36-30-50-53-51(31-36)64(48-21-17-20-41(55(48)65-14)40-19-16-15-18-37(40)2)54-42-32-43-46(61(12,13)29-26-58(43,6)7)35-52(42)66-56(54)62(53)47-33-44-45(60(10,11)28-27-59(44,8)9)34-49(47)63(50)39-24-22-38(23-25-39)57(3,4)5/h15-25,30-35H,26-29H2,1-14H3. The lowest BCUT2D eigenvalue weighted by atomic mass is 9.35. The quantitative estimate of drug-likeness (QED) is 0.128. The summed E-state index contributed by atoms with van der Waals surface area (Å²) in [5, 5.41) is 1.39. The number of rotatable bonds is 4. The molecule has 0 fully saturated rings. The highest BCUT2D eigenvalue weighted by atomic mass is 32.2. The monoisotopic (exact) mass is 902 g/mol. The maximum absolute atomic E-state index is 2.73. The molecule has 11 rings (SSSR count). The maximum atomic E-state index is 2.73. The topological polar surface area (TPSA) is 6.48 Å². The van der Waals surface area contributed by atoms with Crippen molar-refractivity contribution in [3.63, 3.8) is 0 Å². The Bertz CT molecular complexity index is 3160. The van der Waals surface area contributed by atoms with Crippen LogP contribution >= 0.6 is 23.1 Å². The van der Waals surface area contributed by atoms with Crippen LogP contribution in [-0.4, -0.2) is 13.0 Å². The van der Waals surface area contributed by atoms with E-state index in [-0.39, 0.29) is 33.8 Å². The van der Waals surface area contributed by atoms with E-state index in [0.717, 1.165) is 0 Å². The molecule has 0 unspecified atom stereocenters. The minimum Gasteiger partial charge on any atom is -0.311 e. The summed E-state index contributed by atoms with van der Waals surface area (Å²) in [5.74, 6) is 0. The second kappa shape index (κ2) is 14.6. The van der Waals surface area contributed by atoms with Gasteiger partial charge in [0.05, 0.1) is 11.4 Å². The second-order valence-corrected chi connectivity index (χ2v) is 25.9. The summed E-state index contributed by atoms with van der Waals surface area (Å²) < 4.78 is 2.87. The number of nitrogens with zero attached hydrogens (tertiary/aromatic N) is 2. The van der Waals surface area contributed by atoms with E-state index in [1.807, 2.05) is 11.8 Å². The fourth-order valence-corrected chi connectivity index (χ4v) is 14.5. The highest BCUT2D eigenvalue weighted by Crippen LogP contribution is 2.55. The molecule has 0 N–H and O–H groups in total. The van der Waals surface area contributed by atoms with Gasteiger partial charge in [-0.05, 0) is 182 Å². The number of thioether (sulfide) groups is 1. The van der Waals surface area contributed by atoms with Crippen LogP contribution in [-0.2, 0) is 27.1 Å². The molecule has 7 aromatic rings. The minimum absolute atomic E-state index is 0.0597. The molecule has 5 heteroatoms. The number of hydrogen-bond acceptors (Lipinski definition) is 4. The van der Waals surface area contributed by atoms with Gasteiger partial charge in [-0.25, -0.2) is 0 Å². The van der Waals surface area contributed by atoms with Gasteiger partial charge in [0, 0.05) is 42.5 Å². The number of anilines is 6. The lowest BCUT2D eigenvalue weighted by Crippen LogP contribution is -2.61. The molecule has 2 nitrogen and oxygen atoms in total. The Labute approximate surface area is 404 Å². The summed E-state index contributed by atoms with van der Waals surface area (Å²) in [6.07, 6.45) is 7.03. The molecule has 0 amide bonds. The Morgan fingerprint density at radius 3 is 1.74 bits per heavy atom. The van der Waals surface area contributed by atoms with E-state index < -0.39 is 0 Å². The third-order valence-electron chi connectivity index (χ3n) is 16.6. The van der Waals surface area contributed by atoms with E-state index in [0.29, 0.717) is 0 Å². The Hall–Kier alpha value is -4.71. The Kier molecular flexibility index (Phi) is 9.73. The van der Waals surface area contributed by atoms with Gasteiger partial charge in [-0.15, -0.1) is 23.1 Å². The lowest BCUT2D eigenvalue weighted by molar-refractivity contribution is 0.332. The first-order valence-electron chi connectivity index (χ1n) is 24.5. The summed E-state index contributed by atoms with van der Waals surface area (Å²) >= 11 is 3.95. The van der Waals surface area contributed by atoms with Gasteiger partial charge >= 0.3 is 0 Å². The molecule has 3 heterocycles. The zero-order valence-corrected chi connectivity index (χ0v) is 43.6. The Morgan fingerprint density at radius 2 is 1.14 bits per heavy atom. The average molecular weight is 903 g/mol. The van der Waals surface area contributed by atoms with Gasteiger partial charge in [0.1, 0.15) is 0 Å². The molecule has 66 heavy (non-hydrogen) atoms. The lowest BCUT2D eigenvalue weighted by Gasteiger charge is -2.47. The molecule has 0 spiro atoms. The van der Waals surface area contributed by atoms with Crippen molar-refractivity contribution in [2.24, 2.45) is 0 Å². The molecule has 6 aromatic carbocycles. The van der Waals surface area contributed by atoms with Crippen molar-refractivity contribution >= 4 is 89.7 Å². The second-order valence-electron chi connectivity index (χ2n) is 24.0. The highest BCUT2D eigenvalue weighted by molar-refractivity contribution is 7.99. The highest BCUT2D eigenvalue weighted by Gasteiger charge is 2.49. The largest absolute Gasteiger partial charge is 0.311 e. The molecule has 1 aromatic heterocycles. The predicted octanol–water partition coefficient (Wildman–Crippen LogP) is 16.0. The summed E-state index contributed by atoms with van der Waals surface area (Å²) in [7, 11) is 0. The average Bonchev–Trinajstić information content (AvgIpc) is 3.64. The minimum atomic E-state index is 0.0597. The van der Waals surface area contributed by atoms with E-state index in [4.69, 9.17) is 0 Å². The molecule has 2 aliphatic heterocycles. The third-order valence-corrected chi connectivity index (χ3v) is 18.7. The van der Waals surface area contributed by atoms with Gasteiger partial charge in [-0.3, -0.25) is 0 Å². The smallest absolute Gasteiger partial charge is 0.264 e. The Balaban J connectivity index is 1.29. The van der Waals surface area contributed by atoms with Crippen LogP contribution in [0.1, 0.15) is 141 Å². The van der Waals surface area contributed by atoms with Crippen LogP contribution in [0.3, 0.4) is 0 Å². The molecule has 0 bridgehead atoms. The number of thiophene rings is 1. The van der Waals surface area contributed by atoms with E-state index in [9.17, 15) is 0 Å². The first-order chi connectivity index (χ1) is 31.1. The summed E-state index contributed by atoms with van der Waals surface area (Å²) in [6.45, 7) is 31.5. The molecular weight excluding hydrogens is 836 g/mol. The van der Waals surface area contributed by atoms with Crippen molar-refractivity contribution in [2.45, 2.75) is 148 Å². The van der Waals surface area contributed by atoms with Gasteiger partial charge in [-0.2, -0.15) is 0 Å². The zero-order valence-electron chi connectivity index (χ0n) is 41.9. The van der Waals surface area contributed by atoms with Crippen LogP contribution in [0.4, 0.5) is 34.1 Å². The number of fused-ring (bicyclic) bond motifs is 8. The van der Waals surface area contributed by atoms with Gasteiger partial charge in [0.25, 0.3) is 6.71 Å². The van der Waals surface area contributed by atoms with E-state index in [1.165, 1.54) is 141 Å². The van der Waals surface area contributed by atoms with Crippen molar-refractivity contribution in [3.8, 4) is 11.1 Å². The van der Waals surface area contributed by atoms with E-state index in [2.05, 4.69) is 221 Å². The first kappa shape index (κ1) is 43.8. The molecule has 336 valence electrons. The molecule has 4 aliphatic rings. The molecule has 0 radical (unpaired) electrons. The predicted molar refractivity (Wildman–Crippen MR) is 292 cm³/mol. The van der Waals surface area contributed by atoms with Crippen LogP contribution in [0.15, 0.2) is 108 Å². The van der Waals surface area contributed by atoms with Crippen molar-refractivity contribution < 1.29 is 0 Å². The maximum Gasteiger partial charge on any atom is 0.264 e. The van der Waals surface area contributed by atoms with E-state index >= 15 is 0 Å². The van der Waals surface area contributed by atoms with Gasteiger partial charge in [-0.1, -0.05) is 131 Å². The van der Waals surface area contributed by atoms with Crippen LogP contribution in [0.5, 0.6) is 0 Å². The van der Waals surface area contributed by atoms with Crippen molar-refractivity contribution in [2.75, 3.05) is 16.1 Å². The zero-order chi connectivity index (χ0) is 46.6. The van der Waals surface area contributed by atoms with Gasteiger partial charge in [0.2, 0.25) is 0 Å². The van der Waals surface area contributed by atoms with Crippen LogP contribution in [0.2, 0.25) is 0 Å². The number of hydrogen-bond donors (Lipinski definition) is 0. The Morgan fingerprint density at radius 1 is 0.576 bits per heavy atom. The van der Waals surface area contributed by atoms with Crippen LogP contribution < -0.4 is 25.5 Å². The van der Waals surface area contributed by atoms with Crippen molar-refractivity contribution in [3.05, 3.63) is 142 Å². The number of aryl methyl sites for hydroxylation is 2. The molecule has 0 atom stereocenters. The van der Waals surface area contributed by atoms with Crippen LogP contribution in [0.25, 0.3) is 21.2 Å². The molecular formula is C61H67BN2S2. The molecule has 2 aliphatic carbocycles.